The number of hydrogen-bond donors (Lipinski definition) is 2. The second-order valence-electron chi connectivity index (χ2n) is 4.45. The van der Waals surface area contributed by atoms with Gasteiger partial charge in [0, 0.05) is 17.5 Å². The third kappa shape index (κ3) is 3.59. The summed E-state index contributed by atoms with van der Waals surface area (Å²) in [5.74, 6) is -0.0326. The molecule has 4 nitrogen and oxygen atoms in total. The first kappa shape index (κ1) is 14.6. The molecule has 0 aliphatic rings. The van der Waals surface area contributed by atoms with Crippen LogP contribution in [0.5, 0.6) is 5.75 Å². The molecule has 2 rings (SSSR count). The Bertz CT molecular complexity index is 577. The van der Waals surface area contributed by atoms with Gasteiger partial charge >= 0.3 is 5.97 Å². The van der Waals surface area contributed by atoms with Gasteiger partial charge in [0.25, 0.3) is 0 Å². The van der Waals surface area contributed by atoms with Crippen molar-refractivity contribution < 1.29 is 14.6 Å². The number of aromatic carboxylic acids is 1. The summed E-state index contributed by atoms with van der Waals surface area (Å²) in [4.78, 5) is 12.2. The van der Waals surface area contributed by atoms with E-state index in [0.29, 0.717) is 11.4 Å². The fourth-order valence-electron chi connectivity index (χ4n) is 1.85. The SMILES string of the molecule is COc1ccc([C@@H](C)NCc2ccc(C(=O)O)s2)cc1. The standard InChI is InChI=1S/C15H17NO3S/c1-10(11-3-5-12(19-2)6-4-11)16-9-13-7-8-14(20-13)15(17)18/h3-8,10,16H,9H2,1-2H3,(H,17,18)/t10-/m1/s1. The number of carboxylic acids is 1. The third-order valence-corrected chi connectivity index (χ3v) is 4.14. The van der Waals surface area contributed by atoms with Crippen LogP contribution in [0.15, 0.2) is 36.4 Å². The van der Waals surface area contributed by atoms with Crippen LogP contribution in [0, 0.1) is 0 Å². The minimum Gasteiger partial charge on any atom is -0.497 e. The van der Waals surface area contributed by atoms with Crippen molar-refractivity contribution in [3.8, 4) is 5.75 Å². The molecule has 106 valence electrons. The molecule has 0 bridgehead atoms. The van der Waals surface area contributed by atoms with E-state index in [1.54, 1.807) is 13.2 Å². The van der Waals surface area contributed by atoms with Crippen molar-refractivity contribution in [1.29, 1.82) is 0 Å². The predicted molar refractivity (Wildman–Crippen MR) is 79.5 cm³/mol. The molecule has 0 saturated heterocycles. The average Bonchev–Trinajstić information content (AvgIpc) is 2.94. The highest BCUT2D eigenvalue weighted by Crippen LogP contribution is 2.20. The Morgan fingerprint density at radius 1 is 1.30 bits per heavy atom. The van der Waals surface area contributed by atoms with Crippen LogP contribution in [0.3, 0.4) is 0 Å². The summed E-state index contributed by atoms with van der Waals surface area (Å²) in [6, 6.07) is 11.6. The Morgan fingerprint density at radius 3 is 2.55 bits per heavy atom. The summed E-state index contributed by atoms with van der Waals surface area (Å²) in [5, 5.41) is 12.3. The molecule has 5 heteroatoms. The van der Waals surface area contributed by atoms with E-state index in [2.05, 4.69) is 12.2 Å². The summed E-state index contributed by atoms with van der Waals surface area (Å²) >= 11 is 1.30. The summed E-state index contributed by atoms with van der Waals surface area (Å²) < 4.78 is 5.13. The molecular formula is C15H17NO3S. The predicted octanol–water partition coefficient (Wildman–Crippen LogP) is 3.31. The summed E-state index contributed by atoms with van der Waals surface area (Å²) in [6.45, 7) is 2.73. The van der Waals surface area contributed by atoms with Crippen LogP contribution < -0.4 is 10.1 Å². The van der Waals surface area contributed by atoms with Crippen LogP contribution in [0.4, 0.5) is 0 Å². The number of benzene rings is 1. The van der Waals surface area contributed by atoms with E-state index in [-0.39, 0.29) is 6.04 Å². The van der Waals surface area contributed by atoms with Crippen molar-refractivity contribution in [2.24, 2.45) is 0 Å². The molecule has 0 radical (unpaired) electrons. The molecule has 0 unspecified atom stereocenters. The maximum Gasteiger partial charge on any atom is 0.345 e. The van der Waals surface area contributed by atoms with Gasteiger partial charge in [-0.25, -0.2) is 4.79 Å². The Labute approximate surface area is 122 Å². The van der Waals surface area contributed by atoms with Crippen molar-refractivity contribution in [3.05, 3.63) is 51.7 Å². The minimum absolute atomic E-state index is 0.191. The van der Waals surface area contributed by atoms with Crippen LogP contribution in [0.2, 0.25) is 0 Å². The number of ether oxygens (including phenoxy) is 1. The van der Waals surface area contributed by atoms with Gasteiger partial charge in [0.2, 0.25) is 0 Å². The zero-order valence-electron chi connectivity index (χ0n) is 11.4. The van der Waals surface area contributed by atoms with Crippen molar-refractivity contribution in [2.75, 3.05) is 7.11 Å². The van der Waals surface area contributed by atoms with Gasteiger partial charge in [-0.1, -0.05) is 12.1 Å². The fourth-order valence-corrected chi connectivity index (χ4v) is 2.65. The van der Waals surface area contributed by atoms with E-state index < -0.39 is 5.97 Å². The monoisotopic (exact) mass is 291 g/mol. The zero-order chi connectivity index (χ0) is 14.5. The van der Waals surface area contributed by atoms with E-state index in [4.69, 9.17) is 9.84 Å². The molecule has 1 aromatic heterocycles. The normalized spacial score (nSPS) is 12.1. The van der Waals surface area contributed by atoms with Crippen LogP contribution in [0.1, 0.15) is 33.1 Å². The maximum absolute atomic E-state index is 10.8. The summed E-state index contributed by atoms with van der Waals surface area (Å²) in [5.41, 5.74) is 1.17. The van der Waals surface area contributed by atoms with Crippen LogP contribution in [0.25, 0.3) is 0 Å². The van der Waals surface area contributed by atoms with E-state index in [1.165, 1.54) is 16.9 Å². The second-order valence-corrected chi connectivity index (χ2v) is 5.62. The molecule has 0 spiro atoms. The van der Waals surface area contributed by atoms with E-state index in [0.717, 1.165) is 10.6 Å². The van der Waals surface area contributed by atoms with E-state index >= 15 is 0 Å². The molecule has 0 fully saturated rings. The largest absolute Gasteiger partial charge is 0.497 e. The summed E-state index contributed by atoms with van der Waals surface area (Å²) in [6.07, 6.45) is 0. The van der Waals surface area contributed by atoms with Crippen molar-refractivity contribution in [2.45, 2.75) is 19.5 Å². The Hall–Kier alpha value is -1.85. The molecule has 0 saturated carbocycles. The van der Waals surface area contributed by atoms with Gasteiger partial charge in [0.05, 0.1) is 7.11 Å². The lowest BCUT2D eigenvalue weighted by molar-refractivity contribution is 0.0702. The van der Waals surface area contributed by atoms with Crippen molar-refractivity contribution in [3.63, 3.8) is 0 Å². The van der Waals surface area contributed by atoms with E-state index in [9.17, 15) is 4.79 Å². The highest BCUT2D eigenvalue weighted by atomic mass is 32.1. The number of thiophene rings is 1. The van der Waals surface area contributed by atoms with Crippen LogP contribution in [-0.4, -0.2) is 18.2 Å². The van der Waals surface area contributed by atoms with Gasteiger partial charge in [-0.2, -0.15) is 0 Å². The van der Waals surface area contributed by atoms with Gasteiger partial charge in [0.1, 0.15) is 10.6 Å². The lowest BCUT2D eigenvalue weighted by Crippen LogP contribution is -2.17. The quantitative estimate of drug-likeness (QED) is 0.857. The summed E-state index contributed by atoms with van der Waals surface area (Å²) in [7, 11) is 1.65. The topological polar surface area (TPSA) is 58.6 Å². The Morgan fingerprint density at radius 2 is 2.00 bits per heavy atom. The highest BCUT2D eigenvalue weighted by molar-refractivity contribution is 7.13. The van der Waals surface area contributed by atoms with Gasteiger partial charge in [-0.15, -0.1) is 11.3 Å². The molecular weight excluding hydrogens is 274 g/mol. The van der Waals surface area contributed by atoms with Gasteiger partial charge < -0.3 is 15.2 Å². The second kappa shape index (κ2) is 6.54. The first-order chi connectivity index (χ1) is 9.60. The number of carboxylic acid groups (broad SMARTS) is 1. The smallest absolute Gasteiger partial charge is 0.345 e. The molecule has 2 N–H and O–H groups in total. The van der Waals surface area contributed by atoms with E-state index in [1.807, 2.05) is 30.3 Å². The van der Waals surface area contributed by atoms with Crippen LogP contribution >= 0.6 is 11.3 Å². The molecule has 1 aromatic carbocycles. The molecule has 0 amide bonds. The fraction of sp³-hybridized carbons (Fsp3) is 0.267. The van der Waals surface area contributed by atoms with Crippen molar-refractivity contribution in [1.82, 2.24) is 5.32 Å². The molecule has 0 aliphatic heterocycles. The molecule has 1 heterocycles. The van der Waals surface area contributed by atoms with Gasteiger partial charge in [-0.3, -0.25) is 0 Å². The average molecular weight is 291 g/mol. The minimum atomic E-state index is -0.871. The van der Waals surface area contributed by atoms with Gasteiger partial charge in [-0.05, 0) is 36.8 Å². The Kier molecular flexibility index (Phi) is 4.76. The maximum atomic E-state index is 10.8. The highest BCUT2D eigenvalue weighted by Gasteiger charge is 2.09. The number of nitrogens with one attached hydrogen (secondary N) is 1. The molecule has 20 heavy (non-hydrogen) atoms. The Balaban J connectivity index is 1.93. The van der Waals surface area contributed by atoms with Gasteiger partial charge in [0.15, 0.2) is 0 Å². The number of rotatable bonds is 6. The lowest BCUT2D eigenvalue weighted by atomic mass is 10.1. The van der Waals surface area contributed by atoms with Crippen LogP contribution in [-0.2, 0) is 6.54 Å². The first-order valence-electron chi connectivity index (χ1n) is 6.29. The zero-order valence-corrected chi connectivity index (χ0v) is 12.2. The number of methoxy groups -OCH3 is 1. The number of carbonyl (C=O) groups is 1. The molecule has 1 atom stereocenters. The third-order valence-electron chi connectivity index (χ3n) is 3.07. The first-order valence-corrected chi connectivity index (χ1v) is 7.11. The molecule has 2 aromatic rings. The lowest BCUT2D eigenvalue weighted by Gasteiger charge is -2.14. The number of hydrogen-bond acceptors (Lipinski definition) is 4. The molecule has 0 aliphatic carbocycles. The van der Waals surface area contributed by atoms with Crippen molar-refractivity contribution >= 4 is 17.3 Å².